The highest BCUT2D eigenvalue weighted by atomic mass is 16.2. The fourth-order valence-electron chi connectivity index (χ4n) is 2.61. The second-order valence-corrected chi connectivity index (χ2v) is 7.11. The lowest BCUT2D eigenvalue weighted by Gasteiger charge is -2.17. The Balaban J connectivity index is 0.000000920. The first kappa shape index (κ1) is 26.5. The van der Waals surface area contributed by atoms with Crippen LogP contribution in [0.15, 0.2) is 70.6 Å². The minimum absolute atomic E-state index is 0.0859. The molecule has 172 valence electrons. The first-order chi connectivity index (χ1) is 15.3. The minimum atomic E-state index is -0.245. The van der Waals surface area contributed by atoms with Crippen LogP contribution in [0.5, 0.6) is 0 Å². The third kappa shape index (κ3) is 12.2. The Morgan fingerprint density at radius 3 is 2.06 bits per heavy atom. The monoisotopic (exact) mass is 438 g/mol. The Morgan fingerprint density at radius 1 is 0.969 bits per heavy atom. The molecule has 0 aromatic heterocycles. The zero-order valence-corrected chi connectivity index (χ0v) is 18.8. The summed E-state index contributed by atoms with van der Waals surface area (Å²) in [5.74, 6) is 0.611. The van der Waals surface area contributed by atoms with Gasteiger partial charge in [0.2, 0.25) is 11.8 Å². The van der Waals surface area contributed by atoms with Crippen molar-refractivity contribution in [3.05, 3.63) is 66.2 Å². The lowest BCUT2D eigenvalue weighted by Crippen LogP contribution is -2.41. The number of amides is 2. The molecule has 2 rings (SSSR count). The number of nitrogens with zero attached hydrogens (tertiary/aromatic N) is 2. The zero-order valence-electron chi connectivity index (χ0n) is 18.8. The molecule has 1 unspecified atom stereocenters. The average Bonchev–Trinajstić information content (AvgIpc) is 2.79. The van der Waals surface area contributed by atoms with E-state index in [-0.39, 0.29) is 24.3 Å². The molecule has 0 fully saturated rings. The van der Waals surface area contributed by atoms with E-state index in [1.807, 2.05) is 60.7 Å². The van der Waals surface area contributed by atoms with Crippen molar-refractivity contribution >= 4 is 29.2 Å². The first-order valence-corrected chi connectivity index (χ1v) is 10.6. The SMILES string of the molecule is CC(N=C(N)CCC(=O)NC(CN)Cc1ccccc1)=Nc1ccccc1.CCC(N)=O. The van der Waals surface area contributed by atoms with Crippen LogP contribution in [-0.4, -0.2) is 36.1 Å². The molecular weight excluding hydrogens is 404 g/mol. The molecule has 7 N–H and O–H groups in total. The van der Waals surface area contributed by atoms with E-state index in [9.17, 15) is 9.59 Å². The number of hydrogen-bond acceptors (Lipinski definition) is 4. The Hall–Kier alpha value is -3.52. The first-order valence-electron chi connectivity index (χ1n) is 10.6. The third-order valence-electron chi connectivity index (χ3n) is 4.28. The van der Waals surface area contributed by atoms with Crippen molar-refractivity contribution in [2.75, 3.05) is 6.54 Å². The number of primary amides is 1. The fourth-order valence-corrected chi connectivity index (χ4v) is 2.61. The minimum Gasteiger partial charge on any atom is -0.387 e. The highest BCUT2D eigenvalue weighted by Crippen LogP contribution is 2.10. The van der Waals surface area contributed by atoms with Gasteiger partial charge in [-0.1, -0.05) is 55.5 Å². The second-order valence-electron chi connectivity index (χ2n) is 7.11. The zero-order chi connectivity index (χ0) is 23.8. The molecule has 0 saturated carbocycles. The van der Waals surface area contributed by atoms with Gasteiger partial charge >= 0.3 is 0 Å². The summed E-state index contributed by atoms with van der Waals surface area (Å²) in [5, 5.41) is 2.96. The van der Waals surface area contributed by atoms with E-state index in [4.69, 9.17) is 11.5 Å². The third-order valence-corrected chi connectivity index (χ3v) is 4.28. The van der Waals surface area contributed by atoms with Crippen molar-refractivity contribution in [1.82, 2.24) is 5.32 Å². The average molecular weight is 439 g/mol. The molecule has 1 atom stereocenters. The summed E-state index contributed by atoms with van der Waals surface area (Å²) in [7, 11) is 0. The maximum absolute atomic E-state index is 12.2. The summed E-state index contributed by atoms with van der Waals surface area (Å²) < 4.78 is 0. The number of nitrogens with two attached hydrogens (primary N) is 3. The maximum atomic E-state index is 12.2. The molecule has 0 bridgehead atoms. The van der Waals surface area contributed by atoms with Crippen LogP contribution >= 0.6 is 0 Å². The standard InChI is InChI=1S/C21H27N5O.C3H7NO/c1-16(24-18-10-6-3-7-11-18)25-20(23)12-13-21(27)26-19(15-22)14-17-8-4-2-5-9-17;1-2-3(4)5/h2-11,19H,12-15,22H2,1H3,(H,26,27)(H2,23,24,25);2H2,1H3,(H2,4,5). The molecule has 8 nitrogen and oxygen atoms in total. The van der Waals surface area contributed by atoms with Gasteiger partial charge in [-0.2, -0.15) is 0 Å². The summed E-state index contributed by atoms with van der Waals surface area (Å²) in [6, 6.07) is 19.4. The molecule has 2 aromatic carbocycles. The van der Waals surface area contributed by atoms with Crippen molar-refractivity contribution in [3.8, 4) is 0 Å². The highest BCUT2D eigenvalue weighted by Gasteiger charge is 2.12. The molecule has 8 heteroatoms. The van der Waals surface area contributed by atoms with Crippen LogP contribution in [0.2, 0.25) is 0 Å². The molecule has 0 spiro atoms. The number of hydrogen-bond donors (Lipinski definition) is 4. The van der Waals surface area contributed by atoms with Crippen LogP contribution in [0.25, 0.3) is 0 Å². The van der Waals surface area contributed by atoms with Crippen LogP contribution in [0, 0.1) is 0 Å². The number of rotatable bonds is 9. The Labute approximate surface area is 190 Å². The van der Waals surface area contributed by atoms with Crippen molar-refractivity contribution in [1.29, 1.82) is 0 Å². The van der Waals surface area contributed by atoms with Gasteiger partial charge in [0.25, 0.3) is 0 Å². The largest absolute Gasteiger partial charge is 0.387 e. The van der Waals surface area contributed by atoms with E-state index in [0.29, 0.717) is 37.5 Å². The number of carbonyl (C=O) groups excluding carboxylic acids is 2. The van der Waals surface area contributed by atoms with Gasteiger partial charge in [-0.15, -0.1) is 0 Å². The summed E-state index contributed by atoms with van der Waals surface area (Å²) in [5.41, 5.74) is 18.3. The van der Waals surface area contributed by atoms with Gasteiger partial charge in [-0.05, 0) is 31.0 Å². The van der Waals surface area contributed by atoms with Crippen LogP contribution < -0.4 is 22.5 Å². The van der Waals surface area contributed by atoms with Gasteiger partial charge in [0.15, 0.2) is 0 Å². The van der Waals surface area contributed by atoms with Gasteiger partial charge in [0, 0.05) is 31.8 Å². The summed E-state index contributed by atoms with van der Waals surface area (Å²) in [4.78, 5) is 30.4. The van der Waals surface area contributed by atoms with Gasteiger partial charge in [0.05, 0.1) is 5.69 Å². The molecule has 32 heavy (non-hydrogen) atoms. The van der Waals surface area contributed by atoms with E-state index < -0.39 is 0 Å². The molecule has 0 heterocycles. The molecule has 2 aromatic rings. The summed E-state index contributed by atoms with van der Waals surface area (Å²) in [6.45, 7) is 3.89. The predicted octanol–water partition coefficient (Wildman–Crippen LogP) is 2.44. The molecule has 0 aliphatic rings. The Morgan fingerprint density at radius 2 is 1.53 bits per heavy atom. The lowest BCUT2D eigenvalue weighted by molar-refractivity contribution is -0.121. The van der Waals surface area contributed by atoms with Crippen LogP contribution in [0.3, 0.4) is 0 Å². The van der Waals surface area contributed by atoms with E-state index in [1.165, 1.54) is 0 Å². The number of carbonyl (C=O) groups is 2. The number of amidine groups is 2. The number of para-hydroxylation sites is 1. The van der Waals surface area contributed by atoms with Gasteiger partial charge in [-0.3, -0.25) is 9.59 Å². The quantitative estimate of drug-likeness (QED) is 0.351. The van der Waals surface area contributed by atoms with Crippen molar-refractivity contribution in [2.45, 2.75) is 45.6 Å². The Bertz CT molecular complexity index is 882. The summed E-state index contributed by atoms with van der Waals surface area (Å²) in [6.07, 6.45) is 1.78. The van der Waals surface area contributed by atoms with Crippen molar-refractivity contribution in [3.63, 3.8) is 0 Å². The van der Waals surface area contributed by atoms with Crippen molar-refractivity contribution < 1.29 is 9.59 Å². The smallest absolute Gasteiger partial charge is 0.220 e. The van der Waals surface area contributed by atoms with Crippen molar-refractivity contribution in [2.24, 2.45) is 27.2 Å². The topological polar surface area (TPSA) is 149 Å². The van der Waals surface area contributed by atoms with Crippen LogP contribution in [-0.2, 0) is 16.0 Å². The normalized spacial score (nSPS) is 12.3. The van der Waals surface area contributed by atoms with Gasteiger partial charge in [0.1, 0.15) is 11.7 Å². The Kier molecular flexibility index (Phi) is 12.7. The molecule has 0 radical (unpaired) electrons. The predicted molar refractivity (Wildman–Crippen MR) is 131 cm³/mol. The molecule has 0 aliphatic carbocycles. The molecule has 0 aliphatic heterocycles. The van der Waals surface area contributed by atoms with Crippen LogP contribution in [0.1, 0.15) is 38.7 Å². The molecule has 0 saturated heterocycles. The van der Waals surface area contributed by atoms with Crippen LogP contribution in [0.4, 0.5) is 5.69 Å². The van der Waals surface area contributed by atoms with E-state index in [0.717, 1.165) is 11.3 Å². The highest BCUT2D eigenvalue weighted by molar-refractivity contribution is 5.97. The maximum Gasteiger partial charge on any atom is 0.220 e. The lowest BCUT2D eigenvalue weighted by atomic mass is 10.1. The number of nitrogens with one attached hydrogen (secondary N) is 1. The number of benzene rings is 2. The van der Waals surface area contributed by atoms with Gasteiger partial charge in [-0.25, -0.2) is 9.98 Å². The molecule has 2 amide bonds. The van der Waals surface area contributed by atoms with E-state index in [1.54, 1.807) is 13.8 Å². The second kappa shape index (κ2) is 15.3. The molecular formula is C24H34N6O2. The number of aliphatic imine (C=N–C) groups is 2. The summed E-state index contributed by atoms with van der Waals surface area (Å²) >= 11 is 0. The van der Waals surface area contributed by atoms with Gasteiger partial charge < -0.3 is 22.5 Å². The van der Waals surface area contributed by atoms with E-state index in [2.05, 4.69) is 21.0 Å². The fraction of sp³-hybridized carbons (Fsp3) is 0.333. The van der Waals surface area contributed by atoms with E-state index >= 15 is 0 Å².